The van der Waals surface area contributed by atoms with Crippen LogP contribution in [-0.4, -0.2) is 59.5 Å². The normalized spacial score (nSPS) is 28.1. The second-order valence-corrected chi connectivity index (χ2v) is 6.62. The largest absolute Gasteiger partial charge is 0.467 e. The highest BCUT2D eigenvalue weighted by molar-refractivity contribution is 5.77. The molecule has 6 heteroatoms. The van der Waals surface area contributed by atoms with Crippen molar-refractivity contribution in [3.05, 3.63) is 18.0 Å². The van der Waals surface area contributed by atoms with Gasteiger partial charge in [-0.1, -0.05) is 0 Å². The number of piperidine rings is 1. The fourth-order valence-electron chi connectivity index (χ4n) is 3.79. The van der Waals surface area contributed by atoms with E-state index in [0.717, 1.165) is 31.5 Å². The van der Waals surface area contributed by atoms with Gasteiger partial charge in [0, 0.05) is 50.6 Å². The zero-order valence-electron chi connectivity index (χ0n) is 13.5. The molecular weight excluding hydrogens is 280 g/mol. The number of rotatable bonds is 4. The first-order valence-corrected chi connectivity index (χ1v) is 7.86. The van der Waals surface area contributed by atoms with E-state index >= 15 is 0 Å². The van der Waals surface area contributed by atoms with Gasteiger partial charge in [-0.25, -0.2) is 9.97 Å². The number of nitrogens with zero attached hydrogens (tertiary/aromatic N) is 4. The van der Waals surface area contributed by atoms with Crippen molar-refractivity contribution in [2.45, 2.75) is 31.8 Å². The molecule has 3 rings (SSSR count). The highest BCUT2D eigenvalue weighted by Crippen LogP contribution is 2.40. The second kappa shape index (κ2) is 6.20. The van der Waals surface area contributed by atoms with Crippen molar-refractivity contribution in [1.29, 1.82) is 0 Å². The Labute approximate surface area is 131 Å². The topological polar surface area (TPSA) is 58.6 Å². The van der Waals surface area contributed by atoms with Crippen LogP contribution in [0.15, 0.2) is 12.4 Å². The minimum absolute atomic E-state index is 0.299. The van der Waals surface area contributed by atoms with Gasteiger partial charge in [-0.3, -0.25) is 9.69 Å². The van der Waals surface area contributed by atoms with Gasteiger partial charge in [-0.05, 0) is 31.7 Å². The Morgan fingerprint density at radius 3 is 2.68 bits per heavy atom. The number of hydrogen-bond donors (Lipinski definition) is 0. The number of carbonyl (C=O) groups is 1. The number of aromatic nitrogens is 2. The van der Waals surface area contributed by atoms with E-state index in [9.17, 15) is 4.79 Å². The van der Waals surface area contributed by atoms with Gasteiger partial charge < -0.3 is 9.64 Å². The molecule has 1 aliphatic carbocycles. The van der Waals surface area contributed by atoms with E-state index in [0.29, 0.717) is 29.8 Å². The molecule has 1 saturated carbocycles. The lowest BCUT2D eigenvalue weighted by atomic mass is 9.88. The Morgan fingerprint density at radius 2 is 2.00 bits per heavy atom. The average molecular weight is 304 g/mol. The molecular formula is C16H24N4O2. The van der Waals surface area contributed by atoms with Crippen molar-refractivity contribution in [1.82, 2.24) is 19.8 Å². The maximum absolute atomic E-state index is 11.8. The Morgan fingerprint density at radius 1 is 1.32 bits per heavy atom. The first-order chi connectivity index (χ1) is 10.6. The Bertz CT molecular complexity index is 533. The quantitative estimate of drug-likeness (QED) is 0.836. The standard InChI is InChI=1S/C16H24N4O2/c1-19(9-11-7-17-16(22-3)18-8-11)14-4-12-6-15(21)20(2)10-13(12)5-14/h7-8,12-14H,4-6,9-10H2,1-3H3/t12-,13-,14?/m0/s1. The fraction of sp³-hybridized carbons (Fsp3) is 0.688. The van der Waals surface area contributed by atoms with Crippen molar-refractivity contribution < 1.29 is 9.53 Å². The number of methoxy groups -OCH3 is 1. The maximum atomic E-state index is 11.8. The molecule has 1 aliphatic heterocycles. The van der Waals surface area contributed by atoms with E-state index in [1.807, 2.05) is 24.3 Å². The molecule has 6 nitrogen and oxygen atoms in total. The maximum Gasteiger partial charge on any atom is 0.316 e. The first kappa shape index (κ1) is 15.2. The van der Waals surface area contributed by atoms with Crippen LogP contribution in [-0.2, 0) is 11.3 Å². The van der Waals surface area contributed by atoms with Crippen molar-refractivity contribution in [3.63, 3.8) is 0 Å². The SMILES string of the molecule is COc1ncc(CN(C)C2C[C@H]3CC(=O)N(C)C[C@@H]3C2)cn1. The molecule has 0 radical (unpaired) electrons. The van der Waals surface area contributed by atoms with Crippen molar-refractivity contribution in [3.8, 4) is 6.01 Å². The molecule has 1 amide bonds. The van der Waals surface area contributed by atoms with Crippen LogP contribution in [0.25, 0.3) is 0 Å². The average Bonchev–Trinajstić information content (AvgIpc) is 2.91. The fourth-order valence-corrected chi connectivity index (χ4v) is 3.79. The third-order valence-electron chi connectivity index (χ3n) is 5.11. The lowest BCUT2D eigenvalue weighted by Gasteiger charge is -2.31. The lowest BCUT2D eigenvalue weighted by molar-refractivity contribution is -0.134. The summed E-state index contributed by atoms with van der Waals surface area (Å²) in [6, 6.07) is 0.941. The van der Waals surface area contributed by atoms with Crippen LogP contribution < -0.4 is 4.74 Å². The zero-order chi connectivity index (χ0) is 15.7. The number of amides is 1. The van der Waals surface area contributed by atoms with E-state index < -0.39 is 0 Å². The Kier molecular flexibility index (Phi) is 4.29. The highest BCUT2D eigenvalue weighted by Gasteiger charge is 2.41. The van der Waals surface area contributed by atoms with Gasteiger partial charge in [0.05, 0.1) is 7.11 Å². The molecule has 22 heavy (non-hydrogen) atoms. The van der Waals surface area contributed by atoms with Gasteiger partial charge in [0.2, 0.25) is 5.91 Å². The summed E-state index contributed by atoms with van der Waals surface area (Å²) in [4.78, 5) is 24.4. The minimum atomic E-state index is 0.299. The highest BCUT2D eigenvalue weighted by atomic mass is 16.5. The molecule has 3 atom stereocenters. The van der Waals surface area contributed by atoms with Crippen LogP contribution in [0.1, 0.15) is 24.8 Å². The van der Waals surface area contributed by atoms with E-state index in [-0.39, 0.29) is 0 Å². The summed E-state index contributed by atoms with van der Waals surface area (Å²) in [6.07, 6.45) is 6.66. The van der Waals surface area contributed by atoms with Gasteiger partial charge in [0.15, 0.2) is 0 Å². The van der Waals surface area contributed by atoms with Gasteiger partial charge in [0.25, 0.3) is 0 Å². The minimum Gasteiger partial charge on any atom is -0.467 e. The van der Waals surface area contributed by atoms with Crippen LogP contribution in [0.2, 0.25) is 0 Å². The van der Waals surface area contributed by atoms with E-state index in [2.05, 4.69) is 21.9 Å². The summed E-state index contributed by atoms with van der Waals surface area (Å²) >= 11 is 0. The summed E-state index contributed by atoms with van der Waals surface area (Å²) in [6.45, 7) is 1.75. The number of ether oxygens (including phenoxy) is 1. The molecule has 120 valence electrons. The molecule has 1 saturated heterocycles. The van der Waals surface area contributed by atoms with Crippen molar-refractivity contribution >= 4 is 5.91 Å². The first-order valence-electron chi connectivity index (χ1n) is 7.86. The number of fused-ring (bicyclic) bond motifs is 1. The molecule has 2 heterocycles. The molecule has 0 N–H and O–H groups in total. The van der Waals surface area contributed by atoms with Crippen LogP contribution in [0.3, 0.4) is 0 Å². The molecule has 0 bridgehead atoms. The van der Waals surface area contributed by atoms with Crippen LogP contribution >= 0.6 is 0 Å². The van der Waals surface area contributed by atoms with Crippen LogP contribution in [0.5, 0.6) is 6.01 Å². The number of hydrogen-bond acceptors (Lipinski definition) is 5. The van der Waals surface area contributed by atoms with E-state index in [1.165, 1.54) is 6.42 Å². The third-order valence-corrected chi connectivity index (χ3v) is 5.11. The molecule has 2 aliphatic rings. The lowest BCUT2D eigenvalue weighted by Crippen LogP contribution is -2.39. The third kappa shape index (κ3) is 3.06. The molecule has 1 aromatic heterocycles. The Balaban J connectivity index is 1.59. The van der Waals surface area contributed by atoms with E-state index in [4.69, 9.17) is 4.74 Å². The van der Waals surface area contributed by atoms with Crippen LogP contribution in [0, 0.1) is 11.8 Å². The van der Waals surface area contributed by atoms with Crippen LogP contribution in [0.4, 0.5) is 0 Å². The molecule has 1 aromatic rings. The summed E-state index contributed by atoms with van der Waals surface area (Å²) < 4.78 is 4.99. The van der Waals surface area contributed by atoms with Gasteiger partial charge in [0.1, 0.15) is 0 Å². The smallest absolute Gasteiger partial charge is 0.316 e. The summed E-state index contributed by atoms with van der Waals surface area (Å²) in [5.41, 5.74) is 1.09. The van der Waals surface area contributed by atoms with Crippen molar-refractivity contribution in [2.75, 3.05) is 27.7 Å². The van der Waals surface area contributed by atoms with E-state index in [1.54, 1.807) is 7.11 Å². The molecule has 2 fully saturated rings. The zero-order valence-corrected chi connectivity index (χ0v) is 13.5. The summed E-state index contributed by atoms with van der Waals surface area (Å²) in [5.74, 6) is 1.51. The number of likely N-dealkylation sites (tertiary alicyclic amines) is 1. The molecule has 0 aromatic carbocycles. The summed E-state index contributed by atoms with van der Waals surface area (Å²) in [7, 11) is 5.64. The van der Waals surface area contributed by atoms with Crippen molar-refractivity contribution in [2.24, 2.45) is 11.8 Å². The van der Waals surface area contributed by atoms with Gasteiger partial charge >= 0.3 is 6.01 Å². The molecule has 1 unspecified atom stereocenters. The van der Waals surface area contributed by atoms with Gasteiger partial charge in [-0.15, -0.1) is 0 Å². The number of carbonyl (C=O) groups excluding carboxylic acids is 1. The second-order valence-electron chi connectivity index (χ2n) is 6.62. The molecule has 0 spiro atoms. The predicted molar refractivity (Wildman–Crippen MR) is 82.3 cm³/mol. The van der Waals surface area contributed by atoms with Gasteiger partial charge in [-0.2, -0.15) is 0 Å². The Hall–Kier alpha value is -1.69. The monoisotopic (exact) mass is 304 g/mol. The summed E-state index contributed by atoms with van der Waals surface area (Å²) in [5, 5.41) is 0. The predicted octanol–water partition coefficient (Wildman–Crippen LogP) is 1.17.